The van der Waals surface area contributed by atoms with E-state index in [2.05, 4.69) is 15.5 Å². The Hall–Kier alpha value is -3.62. The van der Waals surface area contributed by atoms with Crippen LogP contribution in [0.2, 0.25) is 0 Å². The zero-order valence-electron chi connectivity index (χ0n) is 12.6. The van der Waals surface area contributed by atoms with E-state index in [0.717, 1.165) is 5.56 Å². The van der Waals surface area contributed by atoms with Crippen LogP contribution in [0, 0.1) is 6.92 Å². The zero-order valence-corrected chi connectivity index (χ0v) is 12.6. The number of rotatable bonds is 4. The van der Waals surface area contributed by atoms with Crippen molar-refractivity contribution in [3.8, 4) is 17.4 Å². The van der Waals surface area contributed by atoms with E-state index in [9.17, 15) is 15.0 Å². The van der Waals surface area contributed by atoms with Crippen LogP contribution < -0.4 is 4.84 Å². The predicted octanol–water partition coefficient (Wildman–Crippen LogP) is 0.852. The van der Waals surface area contributed by atoms with Crippen molar-refractivity contribution in [2.45, 2.75) is 6.92 Å². The molecular formula is C15H13N5O4. The Morgan fingerprint density at radius 3 is 2.62 bits per heavy atom. The van der Waals surface area contributed by atoms with Crippen molar-refractivity contribution in [1.82, 2.24) is 24.9 Å². The molecular weight excluding hydrogens is 314 g/mol. The number of nitrogens with zero attached hydrogens (tertiary/aromatic N) is 5. The minimum absolute atomic E-state index is 0.390. The molecule has 0 saturated carbocycles. The smallest absolute Gasteiger partial charge is 0.356 e. The van der Waals surface area contributed by atoms with E-state index in [4.69, 9.17) is 4.84 Å². The summed E-state index contributed by atoms with van der Waals surface area (Å²) in [6.07, 6.45) is 4.14. The summed E-state index contributed by atoms with van der Waals surface area (Å²) >= 11 is 0. The molecule has 0 saturated heterocycles. The van der Waals surface area contributed by atoms with E-state index in [1.54, 1.807) is 0 Å². The average Bonchev–Trinajstić information content (AvgIpc) is 3.19. The summed E-state index contributed by atoms with van der Waals surface area (Å²) in [5, 5.41) is 29.9. The summed E-state index contributed by atoms with van der Waals surface area (Å²) in [6.45, 7) is 1.91. The predicted molar refractivity (Wildman–Crippen MR) is 82.3 cm³/mol. The maximum absolute atomic E-state index is 11.9. The summed E-state index contributed by atoms with van der Waals surface area (Å²) in [6, 6.07) is 7.96. The second kappa shape index (κ2) is 6.24. The first kappa shape index (κ1) is 15.3. The minimum atomic E-state index is -0.777. The van der Waals surface area contributed by atoms with Crippen LogP contribution in [-0.2, 0) is 4.79 Å². The Balaban J connectivity index is 1.84. The Kier molecular flexibility index (Phi) is 3.98. The molecule has 0 amide bonds. The van der Waals surface area contributed by atoms with Gasteiger partial charge in [-0.25, -0.2) is 4.79 Å². The molecule has 3 aromatic rings. The topological polar surface area (TPSA) is 115 Å². The maximum atomic E-state index is 11.9. The van der Waals surface area contributed by atoms with Crippen LogP contribution in [0.15, 0.2) is 42.7 Å². The maximum Gasteiger partial charge on any atom is 0.356 e. The van der Waals surface area contributed by atoms with E-state index in [1.165, 1.54) is 35.3 Å². The number of tetrazole rings is 1. The second-order valence-corrected chi connectivity index (χ2v) is 4.90. The van der Waals surface area contributed by atoms with Gasteiger partial charge in [0.25, 0.3) is 0 Å². The van der Waals surface area contributed by atoms with E-state index in [-0.39, 0.29) is 11.8 Å². The quantitative estimate of drug-likeness (QED) is 0.683. The van der Waals surface area contributed by atoms with Gasteiger partial charge in [-0.3, -0.25) is 0 Å². The number of aromatic nitrogens is 5. The molecule has 0 aliphatic heterocycles. The fraction of sp³-hybridized carbons (Fsp3) is 0.0667. The number of carbonyl (C=O) groups is 1. The Morgan fingerprint density at radius 1 is 1.21 bits per heavy atom. The number of carbonyl (C=O) groups excluding carboxylic acids is 1. The minimum Gasteiger partial charge on any atom is -0.492 e. The Bertz CT molecular complexity index is 879. The highest BCUT2D eigenvalue weighted by Crippen LogP contribution is 2.19. The molecule has 9 nitrogen and oxygen atoms in total. The van der Waals surface area contributed by atoms with Gasteiger partial charge < -0.3 is 15.1 Å². The second-order valence-electron chi connectivity index (χ2n) is 4.90. The van der Waals surface area contributed by atoms with Gasteiger partial charge in [0.15, 0.2) is 0 Å². The fourth-order valence-electron chi connectivity index (χ4n) is 2.06. The molecule has 3 rings (SSSR count). The van der Waals surface area contributed by atoms with Crippen molar-refractivity contribution in [1.29, 1.82) is 0 Å². The lowest BCUT2D eigenvalue weighted by molar-refractivity contribution is -0.139. The molecule has 0 unspecified atom stereocenters. The van der Waals surface area contributed by atoms with Crippen LogP contribution >= 0.6 is 0 Å². The molecule has 0 fully saturated rings. The molecule has 122 valence electrons. The van der Waals surface area contributed by atoms with Gasteiger partial charge in [-0.05, 0) is 35.6 Å². The molecule has 2 N–H and O–H groups in total. The molecule has 9 heteroatoms. The highest BCUT2D eigenvalue weighted by Gasteiger charge is 2.10. The third-order valence-electron chi connectivity index (χ3n) is 3.16. The number of hydrogen-bond donors (Lipinski definition) is 2. The Labute approximate surface area is 136 Å². The lowest BCUT2D eigenvalue weighted by atomic mass is 10.1. The summed E-state index contributed by atoms with van der Waals surface area (Å²) in [7, 11) is 0. The van der Waals surface area contributed by atoms with Gasteiger partial charge in [0.1, 0.15) is 6.33 Å². The molecule has 2 heterocycles. The van der Waals surface area contributed by atoms with Crippen molar-refractivity contribution in [3.63, 3.8) is 0 Å². The third kappa shape index (κ3) is 3.09. The molecule has 0 aliphatic carbocycles. The van der Waals surface area contributed by atoms with Gasteiger partial charge in [-0.15, -0.1) is 9.83 Å². The van der Waals surface area contributed by atoms with Crippen molar-refractivity contribution >= 4 is 12.0 Å². The molecule has 24 heavy (non-hydrogen) atoms. The van der Waals surface area contributed by atoms with E-state index >= 15 is 0 Å². The number of hydrogen-bond acceptors (Lipinski definition) is 7. The highest BCUT2D eigenvalue weighted by molar-refractivity contribution is 5.88. The van der Waals surface area contributed by atoms with Gasteiger partial charge in [-0.1, -0.05) is 11.6 Å². The summed E-state index contributed by atoms with van der Waals surface area (Å²) in [5.41, 5.74) is 2.36. The van der Waals surface area contributed by atoms with Crippen LogP contribution in [-0.4, -0.2) is 41.1 Å². The van der Waals surface area contributed by atoms with Crippen LogP contribution in [0.1, 0.15) is 11.1 Å². The van der Waals surface area contributed by atoms with Gasteiger partial charge in [-0.2, -0.15) is 4.68 Å². The van der Waals surface area contributed by atoms with Crippen molar-refractivity contribution < 1.29 is 19.8 Å². The molecule has 0 aliphatic rings. The zero-order chi connectivity index (χ0) is 17.1. The molecule has 0 spiro atoms. The van der Waals surface area contributed by atoms with Gasteiger partial charge in [0.05, 0.1) is 5.69 Å². The van der Waals surface area contributed by atoms with Crippen LogP contribution in [0.5, 0.6) is 11.8 Å². The Morgan fingerprint density at radius 2 is 1.96 bits per heavy atom. The lowest BCUT2D eigenvalue weighted by Gasteiger charge is -2.06. The first-order valence-electron chi connectivity index (χ1n) is 6.88. The first-order valence-corrected chi connectivity index (χ1v) is 6.88. The molecule has 2 aromatic heterocycles. The first-order chi connectivity index (χ1) is 11.5. The monoisotopic (exact) mass is 327 g/mol. The van der Waals surface area contributed by atoms with Gasteiger partial charge >= 0.3 is 5.97 Å². The third-order valence-corrected chi connectivity index (χ3v) is 3.16. The normalized spacial score (nSPS) is 11.0. The van der Waals surface area contributed by atoms with Gasteiger partial charge in [0.2, 0.25) is 11.8 Å². The number of benzene rings is 1. The van der Waals surface area contributed by atoms with Crippen LogP contribution in [0.4, 0.5) is 0 Å². The van der Waals surface area contributed by atoms with E-state index in [1.807, 2.05) is 25.1 Å². The van der Waals surface area contributed by atoms with Crippen LogP contribution in [0.25, 0.3) is 11.8 Å². The number of aromatic hydroxyl groups is 2. The van der Waals surface area contributed by atoms with E-state index in [0.29, 0.717) is 16.0 Å². The fourth-order valence-corrected chi connectivity index (χ4v) is 2.06. The molecule has 0 atom stereocenters. The highest BCUT2D eigenvalue weighted by atomic mass is 16.7. The van der Waals surface area contributed by atoms with Crippen molar-refractivity contribution in [2.24, 2.45) is 0 Å². The number of aryl methyl sites for hydroxylation is 1. The summed E-state index contributed by atoms with van der Waals surface area (Å²) in [5.74, 6) is -1.56. The van der Waals surface area contributed by atoms with Crippen LogP contribution in [0.3, 0.4) is 0 Å². The largest absolute Gasteiger partial charge is 0.492 e. The van der Waals surface area contributed by atoms with Crippen molar-refractivity contribution in [2.75, 3.05) is 0 Å². The average molecular weight is 327 g/mol. The van der Waals surface area contributed by atoms with E-state index < -0.39 is 5.97 Å². The van der Waals surface area contributed by atoms with Crippen molar-refractivity contribution in [3.05, 3.63) is 53.9 Å². The SMILES string of the molecule is Cc1ccc(-n2cnnn2)c(C=CC(=O)On2c(O)ccc2O)c1. The summed E-state index contributed by atoms with van der Waals surface area (Å²) < 4.78 is 2.08. The van der Waals surface area contributed by atoms with Gasteiger partial charge in [0, 0.05) is 23.8 Å². The molecule has 0 bridgehead atoms. The lowest BCUT2D eigenvalue weighted by Crippen LogP contribution is -2.16. The molecule has 1 aromatic carbocycles. The summed E-state index contributed by atoms with van der Waals surface area (Å²) in [4.78, 5) is 16.7. The molecule has 0 radical (unpaired) electrons. The standard InChI is InChI=1S/C15H13N5O4/c1-10-2-4-12(19-9-16-17-18-19)11(8-10)3-7-15(23)24-20-13(21)5-6-14(20)22/h2-9,21-22H,1H3.